The zero-order chi connectivity index (χ0) is 9.97. The maximum Gasteiger partial charge on any atom is 0.356 e. The Morgan fingerprint density at radius 2 is 2.21 bits per heavy atom. The molecule has 2 rings (SSSR count). The highest BCUT2D eigenvalue weighted by molar-refractivity contribution is 5.85. The Balaban J connectivity index is 2.39. The van der Waals surface area contributed by atoms with Crippen LogP contribution in [0, 0.1) is 0 Å². The van der Waals surface area contributed by atoms with Gasteiger partial charge in [0.05, 0.1) is 12.4 Å². The molecule has 0 aromatic carbocycles. The number of aromatic nitrogens is 5. The van der Waals surface area contributed by atoms with E-state index in [9.17, 15) is 4.79 Å². The topological polar surface area (TPSA) is 93.8 Å². The largest absolute Gasteiger partial charge is 0.476 e. The molecule has 0 fully saturated rings. The molecule has 7 heteroatoms. The lowest BCUT2D eigenvalue weighted by Gasteiger charge is -1.94. The molecule has 2 aromatic heterocycles. The molecular formula is C7H5N5O2. The molecule has 0 amide bonds. The Morgan fingerprint density at radius 1 is 1.36 bits per heavy atom. The van der Waals surface area contributed by atoms with E-state index in [1.54, 1.807) is 0 Å². The summed E-state index contributed by atoms with van der Waals surface area (Å²) in [6, 6.07) is 0. The molecule has 0 aliphatic carbocycles. The molecule has 0 saturated carbocycles. The molecule has 0 atom stereocenters. The van der Waals surface area contributed by atoms with Crippen molar-refractivity contribution in [3.05, 3.63) is 30.6 Å². The van der Waals surface area contributed by atoms with Gasteiger partial charge in [0.2, 0.25) is 0 Å². The molecule has 0 bridgehead atoms. The van der Waals surface area contributed by atoms with E-state index < -0.39 is 5.97 Å². The van der Waals surface area contributed by atoms with E-state index >= 15 is 0 Å². The zero-order valence-electron chi connectivity index (χ0n) is 6.90. The molecule has 14 heavy (non-hydrogen) atoms. The number of nitrogens with zero attached hydrogens (tertiary/aromatic N) is 5. The number of hydrogen-bond donors (Lipinski definition) is 1. The van der Waals surface area contributed by atoms with Crippen molar-refractivity contribution in [1.29, 1.82) is 0 Å². The van der Waals surface area contributed by atoms with Gasteiger partial charge in [0.1, 0.15) is 6.33 Å². The highest BCUT2D eigenvalue weighted by Crippen LogP contribution is 2.00. The minimum Gasteiger partial charge on any atom is -0.476 e. The summed E-state index contributed by atoms with van der Waals surface area (Å²) in [5.41, 5.74) is -0.0579. The van der Waals surface area contributed by atoms with Crippen molar-refractivity contribution in [2.45, 2.75) is 0 Å². The molecule has 0 aliphatic rings. The van der Waals surface area contributed by atoms with Gasteiger partial charge in [-0.3, -0.25) is 4.57 Å². The van der Waals surface area contributed by atoms with Crippen molar-refractivity contribution in [3.8, 4) is 5.95 Å². The quantitative estimate of drug-likeness (QED) is 0.703. The van der Waals surface area contributed by atoms with Gasteiger partial charge in [0.15, 0.2) is 5.69 Å². The number of hydrogen-bond acceptors (Lipinski definition) is 5. The second kappa shape index (κ2) is 3.21. The molecule has 70 valence electrons. The summed E-state index contributed by atoms with van der Waals surface area (Å²) in [6.07, 6.45) is 5.53. The third kappa shape index (κ3) is 1.42. The van der Waals surface area contributed by atoms with E-state index in [-0.39, 0.29) is 11.6 Å². The van der Waals surface area contributed by atoms with Crippen LogP contribution in [0.3, 0.4) is 0 Å². The molecule has 0 spiro atoms. The van der Waals surface area contributed by atoms with Gasteiger partial charge in [-0.1, -0.05) is 0 Å². The third-order valence-electron chi connectivity index (χ3n) is 1.50. The van der Waals surface area contributed by atoms with Gasteiger partial charge in [-0.2, -0.15) is 5.10 Å². The van der Waals surface area contributed by atoms with E-state index in [0.29, 0.717) is 0 Å². The van der Waals surface area contributed by atoms with Crippen LogP contribution in [-0.4, -0.2) is 35.8 Å². The highest BCUT2D eigenvalue weighted by atomic mass is 16.4. The van der Waals surface area contributed by atoms with Crippen LogP contribution in [0.4, 0.5) is 0 Å². The standard InChI is InChI=1S/C7H5N5O2/c13-6(14)5-3-12(4-9-5)7-8-1-2-10-11-7/h1-4H,(H,13,14). The first-order valence-electron chi connectivity index (χ1n) is 3.69. The van der Waals surface area contributed by atoms with Crippen molar-refractivity contribution in [2.24, 2.45) is 0 Å². The number of carboxylic acid groups (broad SMARTS) is 1. The van der Waals surface area contributed by atoms with Crippen molar-refractivity contribution < 1.29 is 9.90 Å². The molecule has 0 saturated heterocycles. The number of carbonyl (C=O) groups is 1. The second-order valence-corrected chi connectivity index (χ2v) is 2.41. The smallest absolute Gasteiger partial charge is 0.356 e. The van der Waals surface area contributed by atoms with Crippen LogP contribution in [0.1, 0.15) is 10.5 Å². The summed E-state index contributed by atoms with van der Waals surface area (Å²) >= 11 is 0. The van der Waals surface area contributed by atoms with Crippen molar-refractivity contribution in [3.63, 3.8) is 0 Å². The van der Waals surface area contributed by atoms with Gasteiger partial charge < -0.3 is 5.11 Å². The van der Waals surface area contributed by atoms with Crippen LogP contribution in [0.5, 0.6) is 0 Å². The van der Waals surface area contributed by atoms with E-state index in [1.807, 2.05) is 0 Å². The summed E-state index contributed by atoms with van der Waals surface area (Å²) in [6.45, 7) is 0. The number of carboxylic acids is 1. The van der Waals surface area contributed by atoms with Crippen molar-refractivity contribution >= 4 is 5.97 Å². The lowest BCUT2D eigenvalue weighted by Crippen LogP contribution is -1.99. The first-order valence-corrected chi connectivity index (χ1v) is 3.69. The maximum absolute atomic E-state index is 10.5. The zero-order valence-corrected chi connectivity index (χ0v) is 6.90. The van der Waals surface area contributed by atoms with Gasteiger partial charge in [-0.05, 0) is 0 Å². The van der Waals surface area contributed by atoms with Gasteiger partial charge in [0, 0.05) is 6.20 Å². The molecule has 7 nitrogen and oxygen atoms in total. The predicted octanol–water partition coefficient (Wildman–Crippen LogP) is -0.245. The average Bonchev–Trinajstić information content (AvgIpc) is 2.68. The van der Waals surface area contributed by atoms with Crippen LogP contribution in [0.15, 0.2) is 24.9 Å². The van der Waals surface area contributed by atoms with Crippen LogP contribution >= 0.6 is 0 Å². The van der Waals surface area contributed by atoms with E-state index in [2.05, 4.69) is 20.2 Å². The number of rotatable bonds is 2. The Hall–Kier alpha value is -2.31. The van der Waals surface area contributed by atoms with Gasteiger partial charge in [-0.25, -0.2) is 14.8 Å². The summed E-state index contributed by atoms with van der Waals surface area (Å²) < 4.78 is 1.39. The Bertz CT molecular complexity index is 452. The van der Waals surface area contributed by atoms with Crippen molar-refractivity contribution in [1.82, 2.24) is 24.7 Å². The number of aromatic carboxylic acids is 1. The minimum atomic E-state index is -1.09. The predicted molar refractivity (Wildman–Crippen MR) is 43.9 cm³/mol. The molecule has 0 aliphatic heterocycles. The summed E-state index contributed by atoms with van der Waals surface area (Å²) in [5.74, 6) is -0.805. The summed E-state index contributed by atoms with van der Waals surface area (Å²) in [5, 5.41) is 15.9. The van der Waals surface area contributed by atoms with Crippen LogP contribution in [0.25, 0.3) is 5.95 Å². The molecule has 2 aromatic rings. The molecule has 2 heterocycles. The Kier molecular flexibility index (Phi) is 1.90. The Morgan fingerprint density at radius 3 is 2.79 bits per heavy atom. The fraction of sp³-hybridized carbons (Fsp3) is 0. The second-order valence-electron chi connectivity index (χ2n) is 2.41. The van der Waals surface area contributed by atoms with Gasteiger partial charge in [-0.15, -0.1) is 5.10 Å². The van der Waals surface area contributed by atoms with Crippen LogP contribution in [0.2, 0.25) is 0 Å². The van der Waals surface area contributed by atoms with Crippen LogP contribution in [-0.2, 0) is 0 Å². The first kappa shape index (κ1) is 8.30. The lowest BCUT2D eigenvalue weighted by molar-refractivity contribution is 0.0691. The first-order chi connectivity index (χ1) is 6.77. The molecule has 1 N–H and O–H groups in total. The SMILES string of the molecule is O=C(O)c1cn(-c2nccnn2)cn1. The lowest BCUT2D eigenvalue weighted by atomic mass is 10.5. The van der Waals surface area contributed by atoms with E-state index in [4.69, 9.17) is 5.11 Å². The van der Waals surface area contributed by atoms with E-state index in [1.165, 1.54) is 29.5 Å². The summed E-state index contributed by atoms with van der Waals surface area (Å²) in [4.78, 5) is 18.0. The molecule has 0 radical (unpaired) electrons. The Labute approximate surface area is 78.1 Å². The monoisotopic (exact) mass is 191 g/mol. The van der Waals surface area contributed by atoms with Crippen LogP contribution < -0.4 is 0 Å². The highest BCUT2D eigenvalue weighted by Gasteiger charge is 2.08. The van der Waals surface area contributed by atoms with Gasteiger partial charge in [0.25, 0.3) is 5.95 Å². The van der Waals surface area contributed by atoms with Crippen molar-refractivity contribution in [2.75, 3.05) is 0 Å². The normalized spacial score (nSPS) is 10.0. The number of imidazole rings is 1. The summed E-state index contributed by atoms with van der Waals surface area (Å²) in [7, 11) is 0. The molecular weight excluding hydrogens is 186 g/mol. The maximum atomic E-state index is 10.5. The fourth-order valence-electron chi connectivity index (χ4n) is 0.902. The minimum absolute atomic E-state index is 0.0579. The van der Waals surface area contributed by atoms with E-state index in [0.717, 1.165) is 0 Å². The van der Waals surface area contributed by atoms with Gasteiger partial charge >= 0.3 is 5.97 Å². The molecule has 0 unspecified atom stereocenters. The third-order valence-corrected chi connectivity index (χ3v) is 1.50. The average molecular weight is 191 g/mol. The fourth-order valence-corrected chi connectivity index (χ4v) is 0.902.